The molecule has 0 bridgehead atoms. The second kappa shape index (κ2) is 7.99. The highest BCUT2D eigenvalue weighted by Crippen LogP contribution is 2.08. The number of aromatic amines is 1. The number of hydrogen-bond acceptors (Lipinski definition) is 4. The van der Waals surface area contributed by atoms with Gasteiger partial charge in [0.2, 0.25) is 5.82 Å². The molecule has 1 fully saturated rings. The van der Waals surface area contributed by atoms with Gasteiger partial charge in [0.1, 0.15) is 5.82 Å². The SMILES string of the molecule is CCCc1nc(C(=O)NCCN2CCCCCC2)n[nH]1. The Labute approximate surface area is 120 Å². The molecule has 2 rings (SSSR count). The van der Waals surface area contributed by atoms with Crippen molar-refractivity contribution in [1.82, 2.24) is 25.4 Å². The summed E-state index contributed by atoms with van der Waals surface area (Å²) in [7, 11) is 0. The van der Waals surface area contributed by atoms with Crippen molar-refractivity contribution in [3.8, 4) is 0 Å². The zero-order valence-electron chi connectivity index (χ0n) is 12.3. The van der Waals surface area contributed by atoms with E-state index in [1.54, 1.807) is 0 Å². The maximum atomic E-state index is 11.9. The fraction of sp³-hybridized carbons (Fsp3) is 0.786. The second-order valence-corrected chi connectivity index (χ2v) is 5.37. The van der Waals surface area contributed by atoms with E-state index in [4.69, 9.17) is 0 Å². The Bertz CT molecular complexity index is 409. The van der Waals surface area contributed by atoms with Crippen molar-refractivity contribution >= 4 is 5.91 Å². The first-order chi connectivity index (χ1) is 9.79. The van der Waals surface area contributed by atoms with Crippen LogP contribution in [0.2, 0.25) is 0 Å². The molecule has 1 aliphatic heterocycles. The minimum atomic E-state index is -0.182. The van der Waals surface area contributed by atoms with Crippen molar-refractivity contribution in [1.29, 1.82) is 0 Å². The zero-order chi connectivity index (χ0) is 14.2. The van der Waals surface area contributed by atoms with Crippen LogP contribution < -0.4 is 5.32 Å². The number of rotatable bonds is 6. The number of nitrogens with one attached hydrogen (secondary N) is 2. The van der Waals surface area contributed by atoms with Crippen molar-refractivity contribution in [2.45, 2.75) is 45.4 Å². The number of carbonyl (C=O) groups excluding carboxylic acids is 1. The summed E-state index contributed by atoms with van der Waals surface area (Å²) in [6.45, 7) is 5.95. The van der Waals surface area contributed by atoms with Crippen LogP contribution in [0.5, 0.6) is 0 Å². The fourth-order valence-electron chi connectivity index (χ4n) is 2.51. The average Bonchev–Trinajstić information content (AvgIpc) is 2.75. The third-order valence-electron chi connectivity index (χ3n) is 3.63. The summed E-state index contributed by atoms with van der Waals surface area (Å²) in [6.07, 6.45) is 7.03. The number of likely N-dealkylation sites (tertiary alicyclic amines) is 1. The van der Waals surface area contributed by atoms with Gasteiger partial charge >= 0.3 is 0 Å². The summed E-state index contributed by atoms with van der Waals surface area (Å²) >= 11 is 0. The van der Waals surface area contributed by atoms with Crippen molar-refractivity contribution < 1.29 is 4.79 Å². The fourth-order valence-corrected chi connectivity index (χ4v) is 2.51. The minimum absolute atomic E-state index is 0.182. The summed E-state index contributed by atoms with van der Waals surface area (Å²) in [6, 6.07) is 0. The van der Waals surface area contributed by atoms with Crippen molar-refractivity contribution in [3.63, 3.8) is 0 Å². The molecule has 0 radical (unpaired) electrons. The monoisotopic (exact) mass is 279 g/mol. The van der Waals surface area contributed by atoms with Crippen LogP contribution in [0.4, 0.5) is 0 Å². The van der Waals surface area contributed by atoms with Crippen LogP contribution >= 0.6 is 0 Å². The Kier molecular flexibility index (Phi) is 5.98. The summed E-state index contributed by atoms with van der Waals surface area (Å²) in [5.41, 5.74) is 0. The van der Waals surface area contributed by atoms with Gasteiger partial charge in [-0.3, -0.25) is 9.89 Å². The van der Waals surface area contributed by atoms with Gasteiger partial charge in [-0.25, -0.2) is 4.98 Å². The quantitative estimate of drug-likeness (QED) is 0.824. The summed E-state index contributed by atoms with van der Waals surface area (Å²) in [5, 5.41) is 9.65. The number of hydrogen-bond donors (Lipinski definition) is 2. The Hall–Kier alpha value is -1.43. The molecular weight excluding hydrogens is 254 g/mol. The van der Waals surface area contributed by atoms with Crippen molar-refractivity contribution in [3.05, 3.63) is 11.6 Å². The average molecular weight is 279 g/mol. The maximum absolute atomic E-state index is 11.9. The Morgan fingerprint density at radius 2 is 2.05 bits per heavy atom. The molecule has 112 valence electrons. The molecule has 20 heavy (non-hydrogen) atoms. The number of amides is 1. The minimum Gasteiger partial charge on any atom is -0.348 e. The van der Waals surface area contributed by atoms with Gasteiger partial charge < -0.3 is 10.2 Å². The third-order valence-corrected chi connectivity index (χ3v) is 3.63. The molecule has 0 aromatic carbocycles. The number of nitrogens with zero attached hydrogens (tertiary/aromatic N) is 3. The Balaban J connectivity index is 1.71. The normalized spacial score (nSPS) is 16.9. The molecule has 0 saturated carbocycles. The lowest BCUT2D eigenvalue weighted by Crippen LogP contribution is -2.35. The van der Waals surface area contributed by atoms with Gasteiger partial charge in [0.25, 0.3) is 5.91 Å². The van der Waals surface area contributed by atoms with E-state index in [1.165, 1.54) is 25.7 Å². The molecule has 1 aromatic rings. The lowest BCUT2D eigenvalue weighted by Gasteiger charge is -2.19. The second-order valence-electron chi connectivity index (χ2n) is 5.37. The number of aryl methyl sites for hydroxylation is 1. The zero-order valence-corrected chi connectivity index (χ0v) is 12.3. The van der Waals surface area contributed by atoms with Crippen LogP contribution in [0.3, 0.4) is 0 Å². The highest BCUT2D eigenvalue weighted by molar-refractivity contribution is 5.90. The third kappa shape index (κ3) is 4.59. The summed E-state index contributed by atoms with van der Waals surface area (Å²) in [4.78, 5) is 18.5. The van der Waals surface area contributed by atoms with Crippen LogP contribution in [-0.4, -0.2) is 52.2 Å². The molecule has 1 aromatic heterocycles. The van der Waals surface area contributed by atoms with E-state index in [9.17, 15) is 4.79 Å². The lowest BCUT2D eigenvalue weighted by atomic mass is 10.2. The largest absolute Gasteiger partial charge is 0.348 e. The molecule has 0 atom stereocenters. The van der Waals surface area contributed by atoms with Gasteiger partial charge in [0.15, 0.2) is 0 Å². The van der Waals surface area contributed by atoms with E-state index in [0.29, 0.717) is 6.54 Å². The Morgan fingerprint density at radius 3 is 2.75 bits per heavy atom. The van der Waals surface area contributed by atoms with E-state index in [1.807, 2.05) is 0 Å². The molecule has 0 unspecified atom stereocenters. The van der Waals surface area contributed by atoms with E-state index < -0.39 is 0 Å². The van der Waals surface area contributed by atoms with Crippen LogP contribution in [0, 0.1) is 0 Å². The summed E-state index contributed by atoms with van der Waals surface area (Å²) < 4.78 is 0. The molecule has 0 spiro atoms. The van der Waals surface area contributed by atoms with E-state index >= 15 is 0 Å². The Morgan fingerprint density at radius 1 is 1.30 bits per heavy atom. The van der Waals surface area contributed by atoms with Gasteiger partial charge in [0, 0.05) is 19.5 Å². The van der Waals surface area contributed by atoms with Gasteiger partial charge in [-0.15, -0.1) is 5.10 Å². The highest BCUT2D eigenvalue weighted by atomic mass is 16.2. The van der Waals surface area contributed by atoms with Crippen LogP contribution in [0.15, 0.2) is 0 Å². The van der Waals surface area contributed by atoms with Gasteiger partial charge in [-0.2, -0.15) is 0 Å². The molecule has 0 aliphatic carbocycles. The first-order valence-electron chi connectivity index (χ1n) is 7.71. The molecule has 1 amide bonds. The lowest BCUT2D eigenvalue weighted by molar-refractivity contribution is 0.0938. The van der Waals surface area contributed by atoms with Crippen LogP contribution in [0.1, 0.15) is 55.5 Å². The van der Waals surface area contributed by atoms with Crippen molar-refractivity contribution in [2.24, 2.45) is 0 Å². The first kappa shape index (κ1) is 15.0. The van der Waals surface area contributed by atoms with Gasteiger partial charge in [-0.1, -0.05) is 19.8 Å². The summed E-state index contributed by atoms with van der Waals surface area (Å²) in [5.74, 6) is 0.855. The molecule has 1 aliphatic rings. The molecule has 2 N–H and O–H groups in total. The highest BCUT2D eigenvalue weighted by Gasteiger charge is 2.13. The van der Waals surface area contributed by atoms with Crippen molar-refractivity contribution in [2.75, 3.05) is 26.2 Å². The standard InChI is InChI=1S/C14H25N5O/c1-2-7-12-16-13(18-17-12)14(20)15-8-11-19-9-5-3-4-6-10-19/h2-11H2,1H3,(H,15,20)(H,16,17,18). The number of carbonyl (C=O) groups is 1. The maximum Gasteiger partial charge on any atom is 0.291 e. The van der Waals surface area contributed by atoms with Gasteiger partial charge in [-0.05, 0) is 32.4 Å². The number of aromatic nitrogens is 3. The molecule has 1 saturated heterocycles. The smallest absolute Gasteiger partial charge is 0.291 e. The van der Waals surface area contributed by atoms with Crippen LogP contribution in [0.25, 0.3) is 0 Å². The number of H-pyrrole nitrogens is 1. The molecule has 2 heterocycles. The molecule has 6 heteroatoms. The van der Waals surface area contributed by atoms with Gasteiger partial charge in [0.05, 0.1) is 0 Å². The molecular formula is C14H25N5O. The van der Waals surface area contributed by atoms with E-state index in [0.717, 1.165) is 38.3 Å². The van der Waals surface area contributed by atoms with Crippen LogP contribution in [-0.2, 0) is 6.42 Å². The topological polar surface area (TPSA) is 73.9 Å². The van der Waals surface area contributed by atoms with E-state index in [2.05, 4.69) is 32.3 Å². The van der Waals surface area contributed by atoms with E-state index in [-0.39, 0.29) is 11.7 Å². The molecule has 6 nitrogen and oxygen atoms in total. The predicted octanol–water partition coefficient (Wildman–Crippen LogP) is 1.36. The first-order valence-corrected chi connectivity index (χ1v) is 7.71. The predicted molar refractivity (Wildman–Crippen MR) is 77.6 cm³/mol.